The van der Waals surface area contributed by atoms with Gasteiger partial charge in [-0.15, -0.1) is 0 Å². The fourth-order valence-corrected chi connectivity index (χ4v) is 2.14. The van der Waals surface area contributed by atoms with E-state index in [-0.39, 0.29) is 11.4 Å². The van der Waals surface area contributed by atoms with E-state index in [9.17, 15) is 4.79 Å². The van der Waals surface area contributed by atoms with Crippen molar-refractivity contribution >= 4 is 22.5 Å². The molecule has 1 aromatic heterocycles. The van der Waals surface area contributed by atoms with E-state index in [1.165, 1.54) is 6.20 Å². The third-order valence-electron chi connectivity index (χ3n) is 3.11. The smallest absolute Gasteiger partial charge is 0.254 e. The highest BCUT2D eigenvalue weighted by atomic mass is 16.1. The van der Waals surface area contributed by atoms with Crippen LogP contribution in [0.2, 0.25) is 0 Å². The first-order chi connectivity index (χ1) is 9.66. The highest BCUT2D eigenvalue weighted by molar-refractivity contribution is 5.98. The highest BCUT2D eigenvalue weighted by Crippen LogP contribution is 2.26. The fraction of sp³-hybridized carbons (Fsp3) is 0. The maximum Gasteiger partial charge on any atom is 0.254 e. The van der Waals surface area contributed by atoms with Gasteiger partial charge >= 0.3 is 0 Å². The number of carbonyl (C=O) groups excluding carboxylic acids is 1. The molecule has 5 heteroatoms. The van der Waals surface area contributed by atoms with Crippen LogP contribution >= 0.6 is 0 Å². The minimum absolute atomic E-state index is 0.0930. The lowest BCUT2D eigenvalue weighted by molar-refractivity contribution is 0.100. The molecule has 0 saturated carbocycles. The number of nitrogens with two attached hydrogens (primary N) is 2. The summed E-state index contributed by atoms with van der Waals surface area (Å²) in [5.41, 5.74) is 11.9. The Morgan fingerprint density at radius 3 is 2.55 bits per heavy atom. The number of nitrogens with zero attached hydrogens (tertiary/aromatic N) is 2. The zero-order valence-corrected chi connectivity index (χ0v) is 10.6. The number of amides is 1. The summed E-state index contributed by atoms with van der Waals surface area (Å²) in [7, 11) is 0. The van der Waals surface area contributed by atoms with Crippen molar-refractivity contribution in [1.29, 1.82) is 0 Å². The number of carbonyl (C=O) groups is 1. The van der Waals surface area contributed by atoms with E-state index in [2.05, 4.69) is 9.97 Å². The van der Waals surface area contributed by atoms with Crippen LogP contribution in [0.15, 0.2) is 48.7 Å². The third kappa shape index (κ3) is 1.95. The standard InChI is InChI=1S/C15H12N4O/c16-13-12(14(17)20)8-18-15(19-13)11-7-3-5-9-4-1-2-6-10(9)11/h1-8H,(H2,17,20)(H2,16,18,19). The monoisotopic (exact) mass is 264 g/mol. The van der Waals surface area contributed by atoms with Crippen LogP contribution in [0.25, 0.3) is 22.2 Å². The third-order valence-corrected chi connectivity index (χ3v) is 3.11. The lowest BCUT2D eigenvalue weighted by atomic mass is 10.0. The predicted molar refractivity (Wildman–Crippen MR) is 77.9 cm³/mol. The number of rotatable bonds is 2. The van der Waals surface area contributed by atoms with Crippen LogP contribution in [-0.4, -0.2) is 15.9 Å². The van der Waals surface area contributed by atoms with Gasteiger partial charge in [0.25, 0.3) is 5.91 Å². The number of hydrogen-bond acceptors (Lipinski definition) is 4. The van der Waals surface area contributed by atoms with Crippen LogP contribution in [0, 0.1) is 0 Å². The van der Waals surface area contributed by atoms with E-state index in [0.717, 1.165) is 16.3 Å². The average molecular weight is 264 g/mol. The van der Waals surface area contributed by atoms with Crippen molar-refractivity contribution in [3.8, 4) is 11.4 Å². The van der Waals surface area contributed by atoms with Crippen LogP contribution in [-0.2, 0) is 0 Å². The van der Waals surface area contributed by atoms with Crippen molar-refractivity contribution in [2.24, 2.45) is 5.73 Å². The van der Waals surface area contributed by atoms with E-state index in [1.54, 1.807) is 0 Å². The second-order valence-electron chi connectivity index (χ2n) is 4.38. The van der Waals surface area contributed by atoms with Crippen LogP contribution in [0.1, 0.15) is 10.4 Å². The van der Waals surface area contributed by atoms with E-state index >= 15 is 0 Å². The van der Waals surface area contributed by atoms with Gasteiger partial charge in [-0.05, 0) is 10.8 Å². The Morgan fingerprint density at radius 2 is 1.80 bits per heavy atom. The number of anilines is 1. The summed E-state index contributed by atoms with van der Waals surface area (Å²) < 4.78 is 0. The molecular formula is C15H12N4O. The first-order valence-electron chi connectivity index (χ1n) is 6.07. The number of hydrogen-bond donors (Lipinski definition) is 2. The Bertz CT molecular complexity index is 809. The Kier molecular flexibility index (Phi) is 2.80. The van der Waals surface area contributed by atoms with Gasteiger partial charge in [0.05, 0.1) is 5.56 Å². The minimum Gasteiger partial charge on any atom is -0.383 e. The Hall–Kier alpha value is -2.95. The molecule has 98 valence electrons. The van der Waals surface area contributed by atoms with Crippen molar-refractivity contribution in [1.82, 2.24) is 9.97 Å². The fourth-order valence-electron chi connectivity index (χ4n) is 2.14. The Morgan fingerprint density at radius 1 is 1.05 bits per heavy atom. The lowest BCUT2D eigenvalue weighted by Gasteiger charge is -2.07. The van der Waals surface area contributed by atoms with Gasteiger partial charge < -0.3 is 11.5 Å². The first-order valence-corrected chi connectivity index (χ1v) is 6.07. The summed E-state index contributed by atoms with van der Waals surface area (Å²) >= 11 is 0. The first kappa shape index (κ1) is 12.1. The maximum absolute atomic E-state index is 11.1. The van der Waals surface area contributed by atoms with E-state index in [4.69, 9.17) is 11.5 Å². The molecule has 0 aliphatic rings. The van der Waals surface area contributed by atoms with Gasteiger partial charge in [-0.25, -0.2) is 9.97 Å². The molecular weight excluding hydrogens is 252 g/mol. The maximum atomic E-state index is 11.1. The molecule has 0 aliphatic heterocycles. The van der Waals surface area contributed by atoms with Gasteiger partial charge in [0.15, 0.2) is 5.82 Å². The SMILES string of the molecule is NC(=O)c1cnc(-c2cccc3ccccc23)nc1N. The molecule has 0 aliphatic carbocycles. The van der Waals surface area contributed by atoms with Gasteiger partial charge in [0.2, 0.25) is 0 Å². The van der Waals surface area contributed by atoms with Crippen molar-refractivity contribution in [2.75, 3.05) is 5.73 Å². The second-order valence-corrected chi connectivity index (χ2v) is 4.38. The summed E-state index contributed by atoms with van der Waals surface area (Å²) in [4.78, 5) is 19.5. The number of benzene rings is 2. The zero-order valence-electron chi connectivity index (χ0n) is 10.6. The molecule has 0 fully saturated rings. The number of aromatic nitrogens is 2. The molecule has 0 saturated heterocycles. The van der Waals surface area contributed by atoms with Gasteiger partial charge in [0.1, 0.15) is 5.82 Å². The second kappa shape index (κ2) is 4.62. The number of nitrogen functional groups attached to an aromatic ring is 1. The van der Waals surface area contributed by atoms with Crippen LogP contribution in [0.3, 0.4) is 0 Å². The van der Waals surface area contributed by atoms with Crippen molar-refractivity contribution in [3.63, 3.8) is 0 Å². The molecule has 0 unspecified atom stereocenters. The Balaban J connectivity index is 2.21. The normalized spacial score (nSPS) is 10.6. The Labute approximate surface area is 115 Å². The molecule has 1 heterocycles. The molecule has 4 N–H and O–H groups in total. The van der Waals surface area contributed by atoms with Gasteiger partial charge in [-0.3, -0.25) is 4.79 Å². The van der Waals surface area contributed by atoms with Crippen LogP contribution in [0.5, 0.6) is 0 Å². The minimum atomic E-state index is -0.632. The highest BCUT2D eigenvalue weighted by Gasteiger charge is 2.11. The summed E-state index contributed by atoms with van der Waals surface area (Å²) in [6.45, 7) is 0. The lowest BCUT2D eigenvalue weighted by Crippen LogP contribution is -2.15. The summed E-state index contributed by atoms with van der Waals surface area (Å²) in [5, 5.41) is 2.12. The molecule has 2 aromatic carbocycles. The van der Waals surface area contributed by atoms with Gasteiger partial charge in [-0.1, -0.05) is 42.5 Å². The average Bonchev–Trinajstić information content (AvgIpc) is 2.46. The van der Waals surface area contributed by atoms with E-state index < -0.39 is 5.91 Å². The topological polar surface area (TPSA) is 94.9 Å². The van der Waals surface area contributed by atoms with Gasteiger partial charge in [-0.2, -0.15) is 0 Å². The van der Waals surface area contributed by atoms with Crippen molar-refractivity contribution in [3.05, 3.63) is 54.2 Å². The van der Waals surface area contributed by atoms with Crippen LogP contribution < -0.4 is 11.5 Å². The summed E-state index contributed by atoms with van der Waals surface area (Å²) in [6, 6.07) is 13.8. The van der Waals surface area contributed by atoms with E-state index in [0.29, 0.717) is 5.82 Å². The quantitative estimate of drug-likeness (QED) is 0.739. The van der Waals surface area contributed by atoms with Crippen molar-refractivity contribution < 1.29 is 4.79 Å². The molecule has 0 bridgehead atoms. The number of fused-ring (bicyclic) bond motifs is 1. The summed E-state index contributed by atoms with van der Waals surface area (Å²) in [6.07, 6.45) is 1.36. The molecule has 1 amide bonds. The molecule has 0 spiro atoms. The molecule has 5 nitrogen and oxygen atoms in total. The molecule has 3 aromatic rings. The molecule has 0 atom stereocenters. The predicted octanol–water partition coefficient (Wildman–Crippen LogP) is 1.98. The number of primary amides is 1. The summed E-state index contributed by atoms with van der Waals surface area (Å²) in [5.74, 6) is -0.0632. The molecule has 3 rings (SSSR count). The molecule has 0 radical (unpaired) electrons. The van der Waals surface area contributed by atoms with Crippen LogP contribution in [0.4, 0.5) is 5.82 Å². The zero-order chi connectivity index (χ0) is 14.1. The van der Waals surface area contributed by atoms with Crippen molar-refractivity contribution in [2.45, 2.75) is 0 Å². The van der Waals surface area contributed by atoms with E-state index in [1.807, 2.05) is 42.5 Å². The largest absolute Gasteiger partial charge is 0.383 e. The van der Waals surface area contributed by atoms with Gasteiger partial charge in [0, 0.05) is 11.8 Å². The molecule has 20 heavy (non-hydrogen) atoms.